The summed E-state index contributed by atoms with van der Waals surface area (Å²) in [7, 11) is 0. The van der Waals surface area contributed by atoms with Crippen molar-refractivity contribution >= 4 is 43.5 Å². The van der Waals surface area contributed by atoms with Crippen LogP contribution in [0.2, 0.25) is 0 Å². The molecule has 0 radical (unpaired) electrons. The molecule has 0 saturated carbocycles. The number of nitrogens with zero attached hydrogens (tertiary/aromatic N) is 2. The van der Waals surface area contributed by atoms with Crippen LogP contribution in [0.5, 0.6) is 0 Å². The standard InChI is InChI=1S/C25H17N.C18H13N/c1-16-13-14-22-21(15-16)24-19-11-5-7-17-8-6-12-20(23(17)19)25(24)26(22)18-9-3-2-4-10-18;1-2-8-14(9-3-1)19-17-12-6-4-10-15(17)16-11-5-7-13-18(16)19/h2-15H,1H3;1-13H. The Kier molecular flexibility index (Phi) is 5.76. The lowest BCUT2D eigenvalue weighted by Crippen LogP contribution is -1.95. The molecule has 7 aromatic carbocycles. The second kappa shape index (κ2) is 10.1. The van der Waals surface area contributed by atoms with Crippen LogP contribution in [-0.2, 0) is 0 Å². The Morgan fingerprint density at radius 1 is 0.400 bits per heavy atom. The summed E-state index contributed by atoms with van der Waals surface area (Å²) in [5.41, 5.74) is 12.9. The number of hydrogen-bond acceptors (Lipinski definition) is 0. The summed E-state index contributed by atoms with van der Waals surface area (Å²) in [5.74, 6) is 0. The quantitative estimate of drug-likeness (QED) is 0.194. The van der Waals surface area contributed by atoms with Crippen LogP contribution in [0.1, 0.15) is 5.56 Å². The highest BCUT2D eigenvalue weighted by Gasteiger charge is 2.29. The van der Waals surface area contributed by atoms with Gasteiger partial charge in [-0.1, -0.05) is 121 Å². The Morgan fingerprint density at radius 2 is 0.933 bits per heavy atom. The van der Waals surface area contributed by atoms with Gasteiger partial charge in [0.2, 0.25) is 0 Å². The molecule has 0 saturated heterocycles. The molecule has 0 atom stereocenters. The van der Waals surface area contributed by atoms with Gasteiger partial charge in [0, 0.05) is 38.7 Å². The average Bonchev–Trinajstić information content (AvgIpc) is 3.73. The van der Waals surface area contributed by atoms with Crippen molar-refractivity contribution in [2.24, 2.45) is 0 Å². The zero-order chi connectivity index (χ0) is 29.9. The van der Waals surface area contributed by atoms with Crippen molar-refractivity contribution in [1.82, 2.24) is 9.13 Å². The third kappa shape index (κ3) is 3.89. The fraction of sp³-hybridized carbons (Fsp3) is 0.0233. The third-order valence-corrected chi connectivity index (χ3v) is 9.16. The van der Waals surface area contributed by atoms with Crippen LogP contribution in [0.3, 0.4) is 0 Å². The summed E-state index contributed by atoms with van der Waals surface area (Å²) in [6.45, 7) is 2.17. The van der Waals surface area contributed by atoms with Crippen molar-refractivity contribution in [3.8, 4) is 33.8 Å². The Hall–Kier alpha value is -5.86. The van der Waals surface area contributed by atoms with E-state index in [0.29, 0.717) is 0 Å². The van der Waals surface area contributed by atoms with E-state index in [2.05, 4.69) is 180 Å². The molecule has 2 aromatic heterocycles. The van der Waals surface area contributed by atoms with E-state index in [0.717, 1.165) is 0 Å². The van der Waals surface area contributed by atoms with Gasteiger partial charge in [0.25, 0.3) is 0 Å². The molecule has 2 nitrogen and oxygen atoms in total. The molecule has 0 unspecified atom stereocenters. The molecular formula is C43H30N2. The topological polar surface area (TPSA) is 9.86 Å². The molecule has 2 heterocycles. The first-order valence-corrected chi connectivity index (χ1v) is 15.5. The van der Waals surface area contributed by atoms with E-state index < -0.39 is 0 Å². The van der Waals surface area contributed by atoms with Gasteiger partial charge in [-0.25, -0.2) is 0 Å². The van der Waals surface area contributed by atoms with Gasteiger partial charge >= 0.3 is 0 Å². The van der Waals surface area contributed by atoms with Gasteiger partial charge in [0.05, 0.1) is 22.2 Å². The third-order valence-electron chi connectivity index (χ3n) is 9.16. The minimum atomic E-state index is 1.21. The summed E-state index contributed by atoms with van der Waals surface area (Å²) in [4.78, 5) is 0. The minimum absolute atomic E-state index is 1.21. The molecule has 1 aliphatic rings. The van der Waals surface area contributed by atoms with Crippen molar-refractivity contribution in [3.63, 3.8) is 0 Å². The molecule has 212 valence electrons. The molecule has 0 spiro atoms. The van der Waals surface area contributed by atoms with Crippen LogP contribution in [0.15, 0.2) is 164 Å². The van der Waals surface area contributed by atoms with Crippen molar-refractivity contribution in [3.05, 3.63) is 169 Å². The predicted molar refractivity (Wildman–Crippen MR) is 191 cm³/mol. The summed E-state index contributed by atoms with van der Waals surface area (Å²) < 4.78 is 4.75. The molecule has 45 heavy (non-hydrogen) atoms. The summed E-state index contributed by atoms with van der Waals surface area (Å²) in [5, 5.41) is 6.65. The van der Waals surface area contributed by atoms with Crippen LogP contribution in [-0.4, -0.2) is 9.13 Å². The first kappa shape index (κ1) is 25.6. The Bertz CT molecular complexity index is 2470. The maximum atomic E-state index is 2.43. The van der Waals surface area contributed by atoms with Crippen molar-refractivity contribution in [1.29, 1.82) is 0 Å². The van der Waals surface area contributed by atoms with Gasteiger partial charge in [-0.3, -0.25) is 0 Å². The van der Waals surface area contributed by atoms with E-state index in [4.69, 9.17) is 0 Å². The normalized spacial score (nSPS) is 11.7. The molecule has 9 aromatic rings. The molecular weight excluding hydrogens is 544 g/mol. The number of fused-ring (bicyclic) bond motifs is 8. The van der Waals surface area contributed by atoms with Crippen LogP contribution in [0.4, 0.5) is 0 Å². The van der Waals surface area contributed by atoms with Crippen LogP contribution in [0.25, 0.3) is 77.2 Å². The highest BCUT2D eigenvalue weighted by molar-refractivity contribution is 6.22. The largest absolute Gasteiger partial charge is 0.309 e. The summed E-state index contributed by atoms with van der Waals surface area (Å²) in [6.07, 6.45) is 0. The van der Waals surface area contributed by atoms with Crippen molar-refractivity contribution in [2.45, 2.75) is 6.92 Å². The second-order valence-electron chi connectivity index (χ2n) is 11.8. The summed E-state index contributed by atoms with van der Waals surface area (Å²) >= 11 is 0. The number of aromatic nitrogens is 2. The Labute approximate surface area is 262 Å². The van der Waals surface area contributed by atoms with Gasteiger partial charge in [0.1, 0.15) is 0 Å². The van der Waals surface area contributed by atoms with Gasteiger partial charge in [-0.2, -0.15) is 0 Å². The molecule has 0 amide bonds. The zero-order valence-corrected chi connectivity index (χ0v) is 25.0. The van der Waals surface area contributed by atoms with E-state index in [9.17, 15) is 0 Å². The van der Waals surface area contributed by atoms with E-state index >= 15 is 0 Å². The lowest BCUT2D eigenvalue weighted by Gasteiger charge is -2.11. The fourth-order valence-electron chi connectivity index (χ4n) is 7.30. The molecule has 2 heteroatoms. The fourth-order valence-corrected chi connectivity index (χ4v) is 7.30. The maximum Gasteiger partial charge on any atom is 0.0626 e. The smallest absolute Gasteiger partial charge is 0.0626 e. The predicted octanol–water partition coefficient (Wildman–Crippen LogP) is 11.5. The van der Waals surface area contributed by atoms with Crippen LogP contribution >= 0.6 is 0 Å². The molecule has 0 fully saturated rings. The maximum absolute atomic E-state index is 2.43. The zero-order valence-electron chi connectivity index (χ0n) is 25.0. The second-order valence-corrected chi connectivity index (χ2v) is 11.8. The molecule has 10 rings (SSSR count). The van der Waals surface area contributed by atoms with Crippen molar-refractivity contribution in [2.75, 3.05) is 0 Å². The molecule has 0 bridgehead atoms. The number of aryl methyl sites for hydroxylation is 1. The Morgan fingerprint density at radius 3 is 1.58 bits per heavy atom. The van der Waals surface area contributed by atoms with Crippen LogP contribution < -0.4 is 0 Å². The highest BCUT2D eigenvalue weighted by Crippen LogP contribution is 2.52. The van der Waals surface area contributed by atoms with Gasteiger partial charge in [0.15, 0.2) is 0 Å². The van der Waals surface area contributed by atoms with Gasteiger partial charge in [-0.05, 0) is 71.8 Å². The lowest BCUT2D eigenvalue weighted by molar-refractivity contribution is 1.14. The number of benzene rings is 7. The SMILES string of the molecule is Cc1ccc2c(c1)c1c(n2-c2ccccc2)-c2cccc3cccc-1c23.c1ccc(-n2c3ccccc3c3ccccc32)cc1. The van der Waals surface area contributed by atoms with E-state index in [1.54, 1.807) is 0 Å². The molecule has 0 N–H and O–H groups in total. The lowest BCUT2D eigenvalue weighted by atomic mass is 10.0. The molecule has 1 aliphatic carbocycles. The van der Waals surface area contributed by atoms with Gasteiger partial charge in [-0.15, -0.1) is 0 Å². The first-order valence-electron chi connectivity index (χ1n) is 15.5. The average molecular weight is 575 g/mol. The molecule has 0 aliphatic heterocycles. The van der Waals surface area contributed by atoms with E-state index in [1.165, 1.54) is 82.8 Å². The van der Waals surface area contributed by atoms with Crippen molar-refractivity contribution < 1.29 is 0 Å². The number of rotatable bonds is 2. The summed E-state index contributed by atoms with van der Waals surface area (Å²) in [6, 6.07) is 58.5. The first-order chi connectivity index (χ1) is 22.3. The monoisotopic (exact) mass is 574 g/mol. The number of hydrogen-bond donors (Lipinski definition) is 0. The Balaban J connectivity index is 0.000000131. The van der Waals surface area contributed by atoms with Gasteiger partial charge < -0.3 is 9.13 Å². The highest BCUT2D eigenvalue weighted by atomic mass is 15.0. The minimum Gasteiger partial charge on any atom is -0.309 e. The number of para-hydroxylation sites is 4. The van der Waals surface area contributed by atoms with E-state index in [-0.39, 0.29) is 0 Å². The van der Waals surface area contributed by atoms with Crippen LogP contribution in [0, 0.1) is 6.92 Å². The van der Waals surface area contributed by atoms with E-state index in [1.807, 2.05) is 0 Å².